The van der Waals surface area contributed by atoms with Gasteiger partial charge in [0.1, 0.15) is 0 Å². The van der Waals surface area contributed by atoms with Crippen LogP contribution in [0.1, 0.15) is 11.4 Å². The number of nitrogens with one attached hydrogen (secondary N) is 2. The molecule has 0 aliphatic rings. The van der Waals surface area contributed by atoms with Gasteiger partial charge < -0.3 is 24.8 Å². The third kappa shape index (κ3) is 8.71. The molecule has 140 valence electrons. The first kappa shape index (κ1) is 24.6. The number of hydrazone groups is 2. The van der Waals surface area contributed by atoms with Crippen LogP contribution in [0.3, 0.4) is 0 Å². The Kier molecular flexibility index (Phi) is 12.6. The fourth-order valence-corrected chi connectivity index (χ4v) is 1.98. The van der Waals surface area contributed by atoms with Crippen LogP contribution in [-0.2, 0) is 17.1 Å². The molecule has 0 bridgehead atoms. The monoisotopic (exact) mass is 441 g/mol. The molecule has 0 saturated carbocycles. The molecule has 8 heteroatoms. The zero-order chi connectivity index (χ0) is 16.5. The summed E-state index contributed by atoms with van der Waals surface area (Å²) in [5.74, 6) is 0. The van der Waals surface area contributed by atoms with Crippen LogP contribution in [0.25, 0.3) is 0 Å². The average Bonchev–Trinajstić information content (AvgIpc) is 2.64. The molecule has 0 unspecified atom stereocenters. The number of rotatable bonds is 6. The summed E-state index contributed by atoms with van der Waals surface area (Å²) in [6.45, 7) is 0. The first-order chi connectivity index (χ1) is 11.9. The zero-order valence-electron chi connectivity index (χ0n) is 14.1. The van der Waals surface area contributed by atoms with E-state index in [0.717, 1.165) is 22.8 Å². The van der Waals surface area contributed by atoms with Gasteiger partial charge in [-0.25, -0.2) is 4.98 Å². The van der Waals surface area contributed by atoms with E-state index in [2.05, 4.69) is 26.0 Å². The molecule has 0 fully saturated rings. The van der Waals surface area contributed by atoms with Gasteiger partial charge in [-0.05, 0) is 36.4 Å². The quantitative estimate of drug-likeness (QED) is 0.264. The molecule has 0 aliphatic carbocycles. The van der Waals surface area contributed by atoms with Crippen LogP contribution >= 0.6 is 0 Å². The van der Waals surface area contributed by atoms with Crippen molar-refractivity contribution in [2.75, 3.05) is 10.9 Å². The number of pyridine rings is 1. The molecule has 1 aromatic heterocycles. The van der Waals surface area contributed by atoms with Crippen LogP contribution in [0, 0.1) is 0 Å². The second-order valence-electron chi connectivity index (χ2n) is 4.96. The Labute approximate surface area is 181 Å². The first-order valence-corrected chi connectivity index (χ1v) is 7.55. The minimum absolute atomic E-state index is 0. The number of hydrogen-bond donors (Lipinski definition) is 2. The van der Waals surface area contributed by atoms with Gasteiger partial charge in [0.15, 0.2) is 0 Å². The Morgan fingerprint density at radius 3 is 1.41 bits per heavy atom. The molecule has 2 N–H and O–H groups in total. The summed E-state index contributed by atoms with van der Waals surface area (Å²) in [5, 5.41) is 8.37. The third-order valence-electron chi connectivity index (χ3n) is 3.12. The van der Waals surface area contributed by atoms with Gasteiger partial charge in [-0.3, -0.25) is 10.9 Å². The molecule has 0 saturated heterocycles. The van der Waals surface area contributed by atoms with Crippen molar-refractivity contribution in [2.45, 2.75) is 0 Å². The predicted octanol–water partition coefficient (Wildman–Crippen LogP) is -2.02. The normalized spacial score (nSPS) is 9.78. The fourth-order valence-electron chi connectivity index (χ4n) is 1.98. The van der Waals surface area contributed by atoms with Crippen LogP contribution in [0.2, 0.25) is 0 Å². The van der Waals surface area contributed by atoms with Gasteiger partial charge in [0.25, 0.3) is 0 Å². The van der Waals surface area contributed by atoms with E-state index in [9.17, 15) is 0 Å². The first-order valence-electron chi connectivity index (χ1n) is 7.55. The summed E-state index contributed by atoms with van der Waals surface area (Å²) in [4.78, 5) is 4.46. The minimum atomic E-state index is 0. The van der Waals surface area contributed by atoms with E-state index in [1.807, 2.05) is 78.9 Å². The number of benzene rings is 2. The van der Waals surface area contributed by atoms with Crippen LogP contribution in [0.4, 0.5) is 11.4 Å². The van der Waals surface area contributed by atoms with Crippen molar-refractivity contribution >= 4 is 23.8 Å². The summed E-state index contributed by atoms with van der Waals surface area (Å²) in [6.07, 6.45) is 3.35. The number of nitrogens with zero attached hydrogens (tertiary/aromatic N) is 3. The van der Waals surface area contributed by atoms with E-state index in [0.29, 0.717) is 0 Å². The van der Waals surface area contributed by atoms with E-state index >= 15 is 0 Å². The topological polar surface area (TPSA) is 61.7 Å². The maximum absolute atomic E-state index is 4.46. The van der Waals surface area contributed by atoms with E-state index < -0.39 is 0 Å². The van der Waals surface area contributed by atoms with Gasteiger partial charge in [-0.1, -0.05) is 42.5 Å². The van der Waals surface area contributed by atoms with Crippen molar-refractivity contribution in [1.82, 2.24) is 4.98 Å². The third-order valence-corrected chi connectivity index (χ3v) is 3.12. The number of para-hydroxylation sites is 2. The standard InChI is InChI=1S/C19H17N5.2ClH.Fe/c1-3-8-16(9-4-1)23-20-14-18-12-7-13-19(22-18)15-21-24-17-10-5-2-6-11-17;;;/h1-15,23-24H;2*1H;/q;;;+2/p-2. The molecule has 3 rings (SSSR count). The Hall–Kier alpha value is -2.37. The summed E-state index contributed by atoms with van der Waals surface area (Å²) in [7, 11) is 0. The van der Waals surface area contributed by atoms with E-state index in [4.69, 9.17) is 0 Å². The summed E-state index contributed by atoms with van der Waals surface area (Å²) < 4.78 is 0. The van der Waals surface area contributed by atoms with Crippen LogP contribution in [-0.4, -0.2) is 17.4 Å². The zero-order valence-corrected chi connectivity index (χ0v) is 16.7. The molecule has 27 heavy (non-hydrogen) atoms. The maximum atomic E-state index is 4.46. The van der Waals surface area contributed by atoms with E-state index in [1.54, 1.807) is 12.4 Å². The second-order valence-corrected chi connectivity index (χ2v) is 4.96. The van der Waals surface area contributed by atoms with Crippen LogP contribution < -0.4 is 35.7 Å². The van der Waals surface area contributed by atoms with Crippen molar-refractivity contribution in [1.29, 1.82) is 0 Å². The number of anilines is 2. The second kappa shape index (κ2) is 13.8. The molecule has 0 aliphatic heterocycles. The molecular weight excluding hydrogens is 425 g/mol. The Bertz CT molecular complexity index is 763. The number of aromatic nitrogens is 1. The largest absolute Gasteiger partial charge is 2.00 e. The minimum Gasteiger partial charge on any atom is -1.00 e. The molecule has 0 radical (unpaired) electrons. The van der Waals surface area contributed by atoms with Crippen LogP contribution in [0.5, 0.6) is 0 Å². The Morgan fingerprint density at radius 1 is 0.593 bits per heavy atom. The van der Waals surface area contributed by atoms with Gasteiger partial charge in [-0.15, -0.1) is 0 Å². The van der Waals surface area contributed by atoms with Crippen molar-refractivity contribution < 1.29 is 41.9 Å². The van der Waals surface area contributed by atoms with Gasteiger partial charge in [0.05, 0.1) is 35.2 Å². The molecule has 5 nitrogen and oxygen atoms in total. The van der Waals surface area contributed by atoms with Gasteiger partial charge >= 0.3 is 17.1 Å². The van der Waals surface area contributed by atoms with Crippen molar-refractivity contribution in [2.24, 2.45) is 10.2 Å². The molecule has 0 amide bonds. The molecule has 0 atom stereocenters. The van der Waals surface area contributed by atoms with Crippen molar-refractivity contribution in [3.63, 3.8) is 0 Å². The maximum Gasteiger partial charge on any atom is 2.00 e. The number of halogens is 2. The molecule has 0 spiro atoms. The van der Waals surface area contributed by atoms with Gasteiger partial charge in [0, 0.05) is 0 Å². The Morgan fingerprint density at radius 2 is 1.00 bits per heavy atom. The fraction of sp³-hybridized carbons (Fsp3) is 0. The molecular formula is C19H17Cl2FeN5. The van der Waals surface area contributed by atoms with Crippen molar-refractivity contribution in [3.8, 4) is 0 Å². The van der Waals surface area contributed by atoms with E-state index in [1.165, 1.54) is 0 Å². The smallest absolute Gasteiger partial charge is 1.00 e. The Balaban J connectivity index is 0.00000225. The number of hydrogen-bond acceptors (Lipinski definition) is 5. The summed E-state index contributed by atoms with van der Waals surface area (Å²) in [5.41, 5.74) is 9.28. The summed E-state index contributed by atoms with van der Waals surface area (Å²) in [6, 6.07) is 25.2. The average molecular weight is 442 g/mol. The van der Waals surface area contributed by atoms with E-state index in [-0.39, 0.29) is 41.9 Å². The van der Waals surface area contributed by atoms with Gasteiger partial charge in [-0.2, -0.15) is 10.2 Å². The molecule has 2 aromatic carbocycles. The van der Waals surface area contributed by atoms with Crippen LogP contribution in [0.15, 0.2) is 89.1 Å². The summed E-state index contributed by atoms with van der Waals surface area (Å²) >= 11 is 0. The van der Waals surface area contributed by atoms with Crippen molar-refractivity contribution in [3.05, 3.63) is 90.3 Å². The molecule has 1 heterocycles. The predicted molar refractivity (Wildman–Crippen MR) is 99.6 cm³/mol. The SMILES string of the molecule is C(=NNc1ccccc1)c1cccc(C=NNc2ccccc2)n1.[Cl-].[Cl-].[Fe+2]. The van der Waals surface area contributed by atoms with Gasteiger partial charge in [0.2, 0.25) is 0 Å². The molecule has 3 aromatic rings.